The van der Waals surface area contributed by atoms with Crippen molar-refractivity contribution >= 4 is 5.69 Å². The van der Waals surface area contributed by atoms with E-state index in [0.29, 0.717) is 0 Å². The largest absolute Gasteiger partial charge is 0.495 e. The zero-order valence-corrected chi connectivity index (χ0v) is 8.42. The Morgan fingerprint density at radius 1 is 1.43 bits per heavy atom. The Bertz CT molecular complexity index is 295. The lowest BCUT2D eigenvalue weighted by atomic mass is 10.2. The molecule has 1 fully saturated rings. The van der Waals surface area contributed by atoms with Crippen LogP contribution in [-0.2, 0) is 0 Å². The van der Waals surface area contributed by atoms with Crippen LogP contribution in [0.15, 0.2) is 18.2 Å². The van der Waals surface area contributed by atoms with Crippen molar-refractivity contribution in [2.75, 3.05) is 38.2 Å². The summed E-state index contributed by atoms with van der Waals surface area (Å²) in [6.45, 7) is 4.15. The fourth-order valence-electron chi connectivity index (χ4n) is 1.73. The lowest BCUT2D eigenvalue weighted by molar-refractivity contribution is 0.413. The first-order valence-corrected chi connectivity index (χ1v) is 4.91. The summed E-state index contributed by atoms with van der Waals surface area (Å²) in [4.78, 5) is 2.33. The molecule has 14 heavy (non-hydrogen) atoms. The molecule has 0 saturated carbocycles. The molecule has 3 heteroatoms. The summed E-state index contributed by atoms with van der Waals surface area (Å²) in [6, 6.07) is 8.92. The van der Waals surface area contributed by atoms with Crippen molar-refractivity contribution in [1.82, 2.24) is 5.32 Å². The highest BCUT2D eigenvalue weighted by Gasteiger charge is 2.13. The average molecular weight is 191 g/mol. The minimum absolute atomic E-state index is 0.936. The lowest BCUT2D eigenvalue weighted by Gasteiger charge is -2.30. The molecule has 3 nitrogen and oxygen atoms in total. The first-order valence-electron chi connectivity index (χ1n) is 4.91. The number of rotatable bonds is 2. The Labute approximate surface area is 84.7 Å². The van der Waals surface area contributed by atoms with Crippen molar-refractivity contribution in [3.63, 3.8) is 0 Å². The van der Waals surface area contributed by atoms with Crippen LogP contribution < -0.4 is 15.0 Å². The molecule has 0 aliphatic carbocycles. The molecule has 1 N–H and O–H groups in total. The van der Waals surface area contributed by atoms with E-state index in [1.165, 1.54) is 0 Å². The monoisotopic (exact) mass is 191 g/mol. The van der Waals surface area contributed by atoms with Gasteiger partial charge in [0.1, 0.15) is 5.75 Å². The van der Waals surface area contributed by atoms with Gasteiger partial charge in [-0.2, -0.15) is 0 Å². The van der Waals surface area contributed by atoms with Crippen molar-refractivity contribution in [1.29, 1.82) is 0 Å². The van der Waals surface area contributed by atoms with Gasteiger partial charge in [-0.1, -0.05) is 6.07 Å². The molecule has 1 aliphatic heterocycles. The molecule has 1 saturated heterocycles. The molecule has 75 valence electrons. The van der Waals surface area contributed by atoms with Crippen LogP contribution >= 0.6 is 0 Å². The van der Waals surface area contributed by atoms with Crippen LogP contribution in [0.3, 0.4) is 0 Å². The quantitative estimate of drug-likeness (QED) is 0.752. The summed E-state index contributed by atoms with van der Waals surface area (Å²) in [7, 11) is 1.71. The molecule has 1 radical (unpaired) electrons. The van der Waals surface area contributed by atoms with Crippen LogP contribution in [0.4, 0.5) is 5.69 Å². The van der Waals surface area contributed by atoms with E-state index in [4.69, 9.17) is 4.74 Å². The van der Waals surface area contributed by atoms with Crippen LogP contribution in [-0.4, -0.2) is 33.3 Å². The molecule has 1 aliphatic rings. The van der Waals surface area contributed by atoms with E-state index in [0.717, 1.165) is 37.6 Å². The second-order valence-electron chi connectivity index (χ2n) is 3.34. The van der Waals surface area contributed by atoms with Crippen molar-refractivity contribution in [2.45, 2.75) is 0 Å². The molecular weight excluding hydrogens is 176 g/mol. The number of ether oxygens (including phenoxy) is 1. The molecule has 0 spiro atoms. The Kier molecular flexibility index (Phi) is 2.89. The van der Waals surface area contributed by atoms with Gasteiger partial charge in [-0.05, 0) is 18.2 Å². The summed E-state index contributed by atoms with van der Waals surface area (Å²) in [5, 5.41) is 3.33. The first kappa shape index (κ1) is 9.34. The van der Waals surface area contributed by atoms with Crippen LogP contribution in [0.2, 0.25) is 0 Å². The first-order chi connectivity index (χ1) is 6.92. The van der Waals surface area contributed by atoms with Gasteiger partial charge < -0.3 is 15.0 Å². The van der Waals surface area contributed by atoms with Crippen LogP contribution in [0.1, 0.15) is 0 Å². The van der Waals surface area contributed by atoms with Gasteiger partial charge in [0.2, 0.25) is 0 Å². The molecule has 1 aromatic rings. The normalized spacial score (nSPS) is 16.8. The number of methoxy groups -OCH3 is 1. The maximum atomic E-state index is 5.32. The highest BCUT2D eigenvalue weighted by molar-refractivity contribution is 5.58. The maximum Gasteiger partial charge on any atom is 0.142 e. The van der Waals surface area contributed by atoms with Gasteiger partial charge in [0.05, 0.1) is 12.8 Å². The van der Waals surface area contributed by atoms with E-state index >= 15 is 0 Å². The van der Waals surface area contributed by atoms with E-state index in [1.807, 2.05) is 18.2 Å². The van der Waals surface area contributed by atoms with Crippen LogP contribution in [0.5, 0.6) is 5.75 Å². The zero-order chi connectivity index (χ0) is 9.80. The molecule has 0 aromatic heterocycles. The van der Waals surface area contributed by atoms with E-state index in [9.17, 15) is 0 Å². The smallest absolute Gasteiger partial charge is 0.142 e. The average Bonchev–Trinajstić information content (AvgIpc) is 2.30. The highest BCUT2D eigenvalue weighted by atomic mass is 16.5. The van der Waals surface area contributed by atoms with E-state index in [1.54, 1.807) is 7.11 Å². The van der Waals surface area contributed by atoms with Gasteiger partial charge in [-0.3, -0.25) is 0 Å². The number of anilines is 1. The number of nitrogens with one attached hydrogen (secondary N) is 1. The molecule has 1 heterocycles. The van der Waals surface area contributed by atoms with Gasteiger partial charge in [0.15, 0.2) is 0 Å². The van der Waals surface area contributed by atoms with Crippen LogP contribution in [0, 0.1) is 6.07 Å². The number of benzene rings is 1. The third-order valence-electron chi connectivity index (χ3n) is 2.48. The molecule has 1 aromatic carbocycles. The second kappa shape index (κ2) is 4.33. The Balaban J connectivity index is 2.20. The van der Waals surface area contributed by atoms with Crippen molar-refractivity contribution in [3.8, 4) is 5.75 Å². The van der Waals surface area contributed by atoms with Crippen molar-refractivity contribution < 1.29 is 4.74 Å². The summed E-state index contributed by atoms with van der Waals surface area (Å²) in [6.07, 6.45) is 0. The Hall–Kier alpha value is -1.22. The number of nitrogens with zero attached hydrogens (tertiary/aromatic N) is 1. The molecule has 0 amide bonds. The summed E-state index contributed by atoms with van der Waals surface area (Å²) >= 11 is 0. The summed E-state index contributed by atoms with van der Waals surface area (Å²) in [5.74, 6) is 0.936. The molecule has 0 unspecified atom stereocenters. The summed E-state index contributed by atoms with van der Waals surface area (Å²) < 4.78 is 5.32. The van der Waals surface area contributed by atoms with Gasteiger partial charge >= 0.3 is 0 Å². The van der Waals surface area contributed by atoms with Crippen LogP contribution in [0.25, 0.3) is 0 Å². The van der Waals surface area contributed by atoms with Crippen molar-refractivity contribution in [3.05, 3.63) is 24.3 Å². The number of hydrogen-bond acceptors (Lipinski definition) is 3. The zero-order valence-electron chi connectivity index (χ0n) is 8.42. The lowest BCUT2D eigenvalue weighted by Crippen LogP contribution is -2.43. The second-order valence-corrected chi connectivity index (χ2v) is 3.34. The number of piperazine rings is 1. The minimum Gasteiger partial charge on any atom is -0.495 e. The summed E-state index contributed by atoms with van der Waals surface area (Å²) in [5.41, 5.74) is 1.15. The van der Waals surface area contributed by atoms with Gasteiger partial charge in [-0.15, -0.1) is 0 Å². The Morgan fingerprint density at radius 2 is 2.21 bits per heavy atom. The highest BCUT2D eigenvalue weighted by Crippen LogP contribution is 2.27. The SMILES string of the molecule is COc1cc[c]cc1N1CCNCC1. The fourth-order valence-corrected chi connectivity index (χ4v) is 1.73. The van der Waals surface area contributed by atoms with Crippen molar-refractivity contribution in [2.24, 2.45) is 0 Å². The molecule has 0 atom stereocenters. The minimum atomic E-state index is 0.936. The van der Waals surface area contributed by atoms with Gasteiger partial charge in [-0.25, -0.2) is 0 Å². The number of hydrogen-bond donors (Lipinski definition) is 1. The standard InChI is InChI=1S/C11H15N2O/c1-14-11-5-3-2-4-10(11)13-8-6-12-7-9-13/h3-5,12H,6-9H2,1H3. The molecule has 0 bridgehead atoms. The fraction of sp³-hybridized carbons (Fsp3) is 0.455. The van der Waals surface area contributed by atoms with E-state index < -0.39 is 0 Å². The van der Waals surface area contributed by atoms with E-state index in [2.05, 4.69) is 16.3 Å². The molecule has 2 rings (SSSR count). The molecular formula is C11H15N2O. The van der Waals surface area contributed by atoms with E-state index in [-0.39, 0.29) is 0 Å². The topological polar surface area (TPSA) is 24.5 Å². The van der Waals surface area contributed by atoms with Gasteiger partial charge in [0, 0.05) is 26.2 Å². The van der Waals surface area contributed by atoms with Gasteiger partial charge in [0.25, 0.3) is 0 Å². The third-order valence-corrected chi connectivity index (χ3v) is 2.48. The third kappa shape index (κ3) is 1.82. The predicted octanol–water partition coefficient (Wildman–Crippen LogP) is 0.905. The predicted molar refractivity (Wildman–Crippen MR) is 56.9 cm³/mol. The Morgan fingerprint density at radius 3 is 2.93 bits per heavy atom. The maximum absolute atomic E-state index is 5.32.